The molecule has 0 amide bonds. The third kappa shape index (κ3) is 7.29. The van der Waals surface area contributed by atoms with E-state index in [2.05, 4.69) is 0 Å². The fraction of sp³-hybridized carbons (Fsp3) is 0.462. The normalized spacial score (nSPS) is 16.1. The van der Waals surface area contributed by atoms with E-state index < -0.39 is 74.0 Å². The van der Waals surface area contributed by atoms with E-state index in [0.717, 1.165) is 18.2 Å². The number of nitrogens with one attached hydrogen (secondary N) is 2. The molecule has 222 valence electrons. The molecule has 6 unspecified atom stereocenters. The molecular weight excluding hydrogens is 532 g/mol. The van der Waals surface area contributed by atoms with E-state index in [9.17, 15) is 60.7 Å². The third-order valence-corrected chi connectivity index (χ3v) is 7.34. The minimum atomic E-state index is -1.56. The molecule has 0 heterocycles. The van der Waals surface area contributed by atoms with Gasteiger partial charge in [0.2, 0.25) is 0 Å². The molecule has 0 fully saturated rings. The molecule has 0 aliphatic rings. The van der Waals surface area contributed by atoms with Crippen LogP contribution in [0.2, 0.25) is 0 Å². The molecule has 0 aliphatic carbocycles. The first-order chi connectivity index (χ1) is 18.8. The molecule has 2 aromatic carbocycles. The average molecular weight is 569 g/mol. The van der Waals surface area contributed by atoms with Gasteiger partial charge in [-0.1, -0.05) is 0 Å². The predicted octanol–water partition coefficient (Wildman–Crippen LogP) is -6.04. The molecule has 2 aromatic rings. The van der Waals surface area contributed by atoms with Crippen molar-refractivity contribution in [1.29, 1.82) is 0 Å². The maximum absolute atomic E-state index is 12.0. The number of carbonyl (C=O) groups is 2. The number of carboxylic acids is 2. The molecule has 0 aromatic heterocycles. The molecule has 0 saturated heterocycles. The minimum absolute atomic E-state index is 0.0112. The van der Waals surface area contributed by atoms with Crippen molar-refractivity contribution in [2.24, 2.45) is 0 Å². The van der Waals surface area contributed by atoms with Gasteiger partial charge in [-0.25, -0.2) is 0 Å². The first kappa shape index (κ1) is 32.6. The number of rotatable bonds is 15. The Kier molecular flexibility index (Phi) is 11.5. The number of phenols is 4. The van der Waals surface area contributed by atoms with Crippen LogP contribution in [0.5, 0.6) is 23.0 Å². The molecule has 40 heavy (non-hydrogen) atoms. The Balaban J connectivity index is 2.63. The highest BCUT2D eigenvalue weighted by atomic mass is 16.4. The summed E-state index contributed by atoms with van der Waals surface area (Å²) in [7, 11) is 0. The molecule has 10 N–H and O–H groups in total. The topological polar surface area (TPSA) is 251 Å². The Morgan fingerprint density at radius 3 is 1.35 bits per heavy atom. The number of aliphatic carboxylic acids is 2. The van der Waals surface area contributed by atoms with Crippen molar-refractivity contribution in [2.45, 2.75) is 64.3 Å². The Morgan fingerprint density at radius 1 is 0.625 bits per heavy atom. The number of phenolic OH excluding ortho intramolecular Hbond substituents is 2. The maximum atomic E-state index is 12.0. The number of hydrogen-bond donors (Lipinski definition) is 10. The van der Waals surface area contributed by atoms with Gasteiger partial charge in [-0.3, -0.25) is 0 Å². The van der Waals surface area contributed by atoms with Crippen LogP contribution in [0.1, 0.15) is 36.1 Å². The van der Waals surface area contributed by atoms with E-state index in [4.69, 9.17) is 0 Å². The van der Waals surface area contributed by atoms with Crippen LogP contribution >= 0.6 is 0 Å². The number of benzene rings is 2. The van der Waals surface area contributed by atoms with Crippen molar-refractivity contribution in [3.05, 3.63) is 46.5 Å². The highest BCUT2D eigenvalue weighted by molar-refractivity contribution is 5.69. The zero-order valence-corrected chi connectivity index (χ0v) is 22.1. The van der Waals surface area contributed by atoms with Crippen molar-refractivity contribution in [1.82, 2.24) is 0 Å². The molecule has 0 spiro atoms. The summed E-state index contributed by atoms with van der Waals surface area (Å²) in [4.78, 5) is 24.0. The van der Waals surface area contributed by atoms with Gasteiger partial charge in [0.05, 0.1) is 30.7 Å². The fourth-order valence-electron chi connectivity index (χ4n) is 4.83. The summed E-state index contributed by atoms with van der Waals surface area (Å²) in [6.45, 7) is -0.874. The molecule has 0 aliphatic heterocycles. The van der Waals surface area contributed by atoms with Gasteiger partial charge in [0.15, 0.2) is 12.1 Å². The van der Waals surface area contributed by atoms with E-state index in [1.807, 2.05) is 0 Å². The van der Waals surface area contributed by atoms with Crippen molar-refractivity contribution in [2.75, 3.05) is 13.2 Å². The Bertz CT molecular complexity index is 1190. The quantitative estimate of drug-likeness (QED) is 0.0902. The van der Waals surface area contributed by atoms with E-state index in [0.29, 0.717) is 0 Å². The van der Waals surface area contributed by atoms with Crippen molar-refractivity contribution in [3.63, 3.8) is 0 Å². The monoisotopic (exact) mass is 568 g/mol. The Hall–Kier alpha value is -3.66. The lowest BCUT2D eigenvalue weighted by Gasteiger charge is -2.41. The molecular formula is C26H36N2O12. The predicted molar refractivity (Wildman–Crippen MR) is 131 cm³/mol. The second-order valence-corrected chi connectivity index (χ2v) is 9.70. The van der Waals surface area contributed by atoms with Crippen LogP contribution in [-0.2, 0) is 35.9 Å². The molecule has 2 rings (SSSR count). The van der Waals surface area contributed by atoms with Crippen LogP contribution < -0.4 is 20.0 Å². The standard InChI is InChI=1S/C26H36N2O12/c1-13(25(37)38)27(7-15-3-17(9-29)24(36)6-23(15)35)19(11-31)20(12-32)28(14(2)26(39)40)8-16-4-22(34)18(10-30)5-21(16)33/h3-6,13-14,19-20,29-36H,7-12H2,1-2H3,(H,37,38)(H,39,40). The van der Waals surface area contributed by atoms with Crippen molar-refractivity contribution >= 4 is 11.9 Å². The van der Waals surface area contributed by atoms with Crippen molar-refractivity contribution < 1.29 is 70.5 Å². The van der Waals surface area contributed by atoms with Gasteiger partial charge in [-0.15, -0.1) is 0 Å². The number of carbonyl (C=O) groups excluding carboxylic acids is 2. The van der Waals surface area contributed by atoms with Gasteiger partial charge in [0, 0.05) is 22.8 Å². The van der Waals surface area contributed by atoms with Gasteiger partial charge in [0.25, 0.3) is 0 Å². The zero-order valence-electron chi connectivity index (χ0n) is 22.1. The van der Waals surface area contributed by atoms with Gasteiger partial charge < -0.3 is 70.5 Å². The summed E-state index contributed by atoms with van der Waals surface area (Å²) in [6.07, 6.45) is 0. The van der Waals surface area contributed by atoms with E-state index in [1.165, 1.54) is 19.9 Å². The summed E-state index contributed by atoms with van der Waals surface area (Å²) in [5.41, 5.74) is 0.159. The summed E-state index contributed by atoms with van der Waals surface area (Å²) < 4.78 is 0. The van der Waals surface area contributed by atoms with E-state index >= 15 is 0 Å². The smallest absolute Gasteiger partial charge is 0.166 e. The number of hydrogen-bond acceptors (Lipinski definition) is 12. The fourth-order valence-corrected chi connectivity index (χ4v) is 4.83. The first-order valence-corrected chi connectivity index (χ1v) is 12.4. The summed E-state index contributed by atoms with van der Waals surface area (Å²) in [5.74, 6) is -4.72. The second-order valence-electron chi connectivity index (χ2n) is 9.70. The Morgan fingerprint density at radius 2 is 0.950 bits per heavy atom. The third-order valence-electron chi connectivity index (χ3n) is 7.34. The second kappa shape index (κ2) is 14.1. The van der Waals surface area contributed by atoms with Crippen LogP contribution in [-0.4, -0.2) is 90.2 Å². The summed E-state index contributed by atoms with van der Waals surface area (Å²) >= 11 is 0. The lowest BCUT2D eigenvalue weighted by Crippen LogP contribution is -3.29. The number of aromatic hydroxyl groups is 4. The molecule has 0 radical (unpaired) electrons. The van der Waals surface area contributed by atoms with Gasteiger partial charge >= 0.3 is 0 Å². The largest absolute Gasteiger partial charge is 0.544 e. The highest BCUT2D eigenvalue weighted by Gasteiger charge is 2.43. The average Bonchev–Trinajstić information content (AvgIpc) is 2.91. The number of quaternary nitrogens is 2. The maximum Gasteiger partial charge on any atom is 0.166 e. The molecule has 0 saturated carbocycles. The molecule has 14 heteroatoms. The van der Waals surface area contributed by atoms with Crippen LogP contribution in [0.15, 0.2) is 24.3 Å². The van der Waals surface area contributed by atoms with Crippen LogP contribution in [0, 0.1) is 0 Å². The summed E-state index contributed by atoms with van der Waals surface area (Å²) in [5, 5.41) is 105. The van der Waals surface area contributed by atoms with Crippen LogP contribution in [0.25, 0.3) is 0 Å². The minimum Gasteiger partial charge on any atom is -0.544 e. The van der Waals surface area contributed by atoms with E-state index in [1.54, 1.807) is 0 Å². The summed E-state index contributed by atoms with van der Waals surface area (Å²) in [6, 6.07) is -0.784. The molecule has 14 nitrogen and oxygen atoms in total. The van der Waals surface area contributed by atoms with Crippen LogP contribution in [0.3, 0.4) is 0 Å². The van der Waals surface area contributed by atoms with Gasteiger partial charge in [0.1, 0.15) is 61.4 Å². The molecule has 6 atom stereocenters. The van der Waals surface area contributed by atoms with E-state index in [-0.39, 0.29) is 56.6 Å². The first-order valence-electron chi connectivity index (χ1n) is 12.4. The van der Waals surface area contributed by atoms with Crippen LogP contribution in [0.4, 0.5) is 0 Å². The number of aliphatic hydroxyl groups is 4. The number of carboxylic acid groups (broad SMARTS) is 2. The van der Waals surface area contributed by atoms with Gasteiger partial charge in [-0.2, -0.15) is 0 Å². The lowest BCUT2D eigenvalue weighted by atomic mass is 9.98. The SMILES string of the molecule is CC(C(=O)[O-])[NH+](Cc1cc(O)c(CO)cc1O)C(CO)C(CO)[NH+](Cc1cc(CO)c(O)cc1O)C(C)C(=O)[O-]. The zero-order chi connectivity index (χ0) is 30.3. The molecule has 0 bridgehead atoms. The van der Waals surface area contributed by atoms with Gasteiger partial charge in [-0.05, 0) is 32.0 Å². The van der Waals surface area contributed by atoms with Crippen molar-refractivity contribution in [3.8, 4) is 23.0 Å². The highest BCUT2D eigenvalue weighted by Crippen LogP contribution is 2.28. The number of aliphatic hydroxyl groups excluding tert-OH is 4. The Labute approximate surface area is 229 Å². The lowest BCUT2D eigenvalue weighted by molar-refractivity contribution is -1.02.